The lowest BCUT2D eigenvalue weighted by atomic mass is 9.99. The minimum absolute atomic E-state index is 0.298. The molecule has 6 heteroatoms. The number of rotatable bonds is 7. The highest BCUT2D eigenvalue weighted by Gasteiger charge is 2.31. The zero-order valence-corrected chi connectivity index (χ0v) is 15.8. The average Bonchev–Trinajstić information content (AvgIpc) is 2.68. The average molecular weight is 404 g/mol. The first kappa shape index (κ1) is 20.7. The minimum Gasteiger partial charge on any atom is -0.494 e. The molecule has 0 aromatic heterocycles. The number of hydrogen-bond donors (Lipinski definition) is 0. The van der Waals surface area contributed by atoms with Crippen LogP contribution in [0.1, 0.15) is 19.8 Å². The molecule has 0 bridgehead atoms. The SMILES string of the molecule is CCCCOc1ccc(-c2ccc(-c3ccc(OC(F)(F)F)cc3)c(F)c2)cc1. The van der Waals surface area contributed by atoms with E-state index in [0.717, 1.165) is 36.3 Å². The highest BCUT2D eigenvalue weighted by molar-refractivity contribution is 5.71. The summed E-state index contributed by atoms with van der Waals surface area (Å²) >= 11 is 0. The summed E-state index contributed by atoms with van der Waals surface area (Å²) < 4.78 is 60.8. The zero-order valence-electron chi connectivity index (χ0n) is 15.8. The fourth-order valence-electron chi connectivity index (χ4n) is 2.84. The summed E-state index contributed by atoms with van der Waals surface area (Å²) in [5.74, 6) is -0.0461. The normalized spacial score (nSPS) is 11.3. The Kier molecular flexibility index (Phi) is 6.42. The Balaban J connectivity index is 1.75. The third-order valence-corrected chi connectivity index (χ3v) is 4.32. The smallest absolute Gasteiger partial charge is 0.494 e. The standard InChI is InChI=1S/C23H20F4O2/c1-2-3-14-28-19-9-4-16(5-10-19)18-8-13-21(22(24)15-18)17-6-11-20(12-7-17)29-23(25,26)27/h4-13,15H,2-3,14H2,1H3. The van der Waals surface area contributed by atoms with Gasteiger partial charge in [0.15, 0.2) is 0 Å². The van der Waals surface area contributed by atoms with Gasteiger partial charge in [0.1, 0.15) is 17.3 Å². The van der Waals surface area contributed by atoms with E-state index in [9.17, 15) is 17.6 Å². The van der Waals surface area contributed by atoms with Crippen molar-refractivity contribution in [3.8, 4) is 33.8 Å². The van der Waals surface area contributed by atoms with Gasteiger partial charge in [0.25, 0.3) is 0 Å². The molecule has 3 aromatic rings. The summed E-state index contributed by atoms with van der Waals surface area (Å²) in [5.41, 5.74) is 2.30. The number of hydrogen-bond acceptors (Lipinski definition) is 2. The predicted octanol–water partition coefficient (Wildman–Crippen LogP) is 7.24. The number of ether oxygens (including phenoxy) is 2. The first-order valence-corrected chi connectivity index (χ1v) is 9.24. The van der Waals surface area contributed by atoms with Gasteiger partial charge in [0, 0.05) is 5.56 Å². The molecule has 3 aromatic carbocycles. The van der Waals surface area contributed by atoms with Crippen LogP contribution >= 0.6 is 0 Å². The van der Waals surface area contributed by atoms with Crippen LogP contribution in [0.3, 0.4) is 0 Å². The summed E-state index contributed by atoms with van der Waals surface area (Å²) in [6.07, 6.45) is -2.72. The summed E-state index contributed by atoms with van der Waals surface area (Å²) in [5, 5.41) is 0. The van der Waals surface area contributed by atoms with Crippen molar-refractivity contribution in [3.63, 3.8) is 0 Å². The molecule has 2 nitrogen and oxygen atoms in total. The summed E-state index contributed by atoms with van der Waals surface area (Å²) in [4.78, 5) is 0. The molecule has 0 N–H and O–H groups in total. The highest BCUT2D eigenvalue weighted by Crippen LogP contribution is 2.31. The van der Waals surface area contributed by atoms with Gasteiger partial charge in [-0.25, -0.2) is 4.39 Å². The zero-order chi connectivity index (χ0) is 20.9. The molecule has 0 amide bonds. The van der Waals surface area contributed by atoms with Crippen LogP contribution in [0.5, 0.6) is 11.5 Å². The molecule has 29 heavy (non-hydrogen) atoms. The van der Waals surface area contributed by atoms with E-state index in [1.54, 1.807) is 12.1 Å². The molecule has 0 saturated heterocycles. The number of alkyl halides is 3. The largest absolute Gasteiger partial charge is 0.573 e. The van der Waals surface area contributed by atoms with E-state index in [1.807, 2.05) is 24.3 Å². The molecule has 3 rings (SSSR count). The first-order chi connectivity index (χ1) is 13.9. The lowest BCUT2D eigenvalue weighted by molar-refractivity contribution is -0.274. The van der Waals surface area contributed by atoms with Crippen LogP contribution in [0.2, 0.25) is 0 Å². The van der Waals surface area contributed by atoms with Gasteiger partial charge >= 0.3 is 6.36 Å². The first-order valence-electron chi connectivity index (χ1n) is 9.24. The van der Waals surface area contributed by atoms with Gasteiger partial charge in [-0.15, -0.1) is 13.2 Å². The molecule has 0 radical (unpaired) electrons. The molecule has 0 atom stereocenters. The maximum absolute atomic E-state index is 14.6. The van der Waals surface area contributed by atoms with Gasteiger partial charge in [-0.1, -0.05) is 49.7 Å². The van der Waals surface area contributed by atoms with Gasteiger partial charge in [-0.05, 0) is 53.4 Å². The van der Waals surface area contributed by atoms with Crippen LogP contribution in [0.4, 0.5) is 17.6 Å². The van der Waals surface area contributed by atoms with E-state index in [4.69, 9.17) is 4.74 Å². The monoisotopic (exact) mass is 404 g/mol. The van der Waals surface area contributed by atoms with Crippen molar-refractivity contribution >= 4 is 0 Å². The fraction of sp³-hybridized carbons (Fsp3) is 0.217. The van der Waals surface area contributed by atoms with Gasteiger partial charge in [0.2, 0.25) is 0 Å². The molecule has 0 fully saturated rings. The van der Waals surface area contributed by atoms with Gasteiger partial charge in [-0.2, -0.15) is 0 Å². The van der Waals surface area contributed by atoms with Crippen molar-refractivity contribution in [1.82, 2.24) is 0 Å². The molecule has 0 spiro atoms. The van der Waals surface area contributed by atoms with Crippen LogP contribution in [0.15, 0.2) is 66.7 Å². The molecule has 0 aliphatic rings. The van der Waals surface area contributed by atoms with Crippen LogP contribution in [-0.2, 0) is 0 Å². The van der Waals surface area contributed by atoms with Gasteiger partial charge < -0.3 is 9.47 Å². The van der Waals surface area contributed by atoms with Crippen molar-refractivity contribution in [1.29, 1.82) is 0 Å². The summed E-state index contributed by atoms with van der Waals surface area (Å²) in [7, 11) is 0. The number of unbranched alkanes of at least 4 members (excludes halogenated alkanes) is 1. The molecule has 0 heterocycles. The number of halogens is 4. The van der Waals surface area contributed by atoms with Crippen molar-refractivity contribution in [2.75, 3.05) is 6.61 Å². The van der Waals surface area contributed by atoms with Crippen LogP contribution in [-0.4, -0.2) is 13.0 Å². The second-order valence-corrected chi connectivity index (χ2v) is 6.49. The maximum atomic E-state index is 14.6. The lowest BCUT2D eigenvalue weighted by Crippen LogP contribution is -2.16. The third-order valence-electron chi connectivity index (χ3n) is 4.32. The van der Waals surface area contributed by atoms with Crippen LogP contribution in [0.25, 0.3) is 22.3 Å². The topological polar surface area (TPSA) is 18.5 Å². The molecular weight excluding hydrogens is 384 g/mol. The van der Waals surface area contributed by atoms with Crippen LogP contribution in [0, 0.1) is 5.82 Å². The Morgan fingerprint density at radius 3 is 1.93 bits per heavy atom. The summed E-state index contributed by atoms with van der Waals surface area (Å²) in [6, 6.07) is 17.3. The third kappa shape index (κ3) is 5.73. The molecule has 0 saturated carbocycles. The Labute approximate surface area is 166 Å². The summed E-state index contributed by atoms with van der Waals surface area (Å²) in [6.45, 7) is 2.75. The van der Waals surface area contributed by atoms with E-state index < -0.39 is 12.2 Å². The second kappa shape index (κ2) is 8.99. The van der Waals surface area contributed by atoms with Gasteiger partial charge in [0.05, 0.1) is 6.61 Å². The maximum Gasteiger partial charge on any atom is 0.573 e. The quantitative estimate of drug-likeness (QED) is 0.305. The highest BCUT2D eigenvalue weighted by atomic mass is 19.4. The Bertz CT molecular complexity index is 933. The van der Waals surface area contributed by atoms with Crippen LogP contribution < -0.4 is 9.47 Å². The van der Waals surface area contributed by atoms with Crippen molar-refractivity contribution < 1.29 is 27.0 Å². The Morgan fingerprint density at radius 1 is 0.759 bits per heavy atom. The predicted molar refractivity (Wildman–Crippen MR) is 104 cm³/mol. The molecule has 0 aliphatic heterocycles. The molecular formula is C23H20F4O2. The second-order valence-electron chi connectivity index (χ2n) is 6.49. The molecule has 0 aliphatic carbocycles. The molecule has 0 unspecified atom stereocenters. The Morgan fingerprint density at radius 2 is 1.34 bits per heavy atom. The molecule has 152 valence electrons. The van der Waals surface area contributed by atoms with E-state index in [0.29, 0.717) is 23.3 Å². The van der Waals surface area contributed by atoms with Crippen molar-refractivity contribution in [2.24, 2.45) is 0 Å². The van der Waals surface area contributed by atoms with E-state index >= 15 is 0 Å². The fourth-order valence-corrected chi connectivity index (χ4v) is 2.84. The van der Waals surface area contributed by atoms with Crippen molar-refractivity contribution in [2.45, 2.75) is 26.1 Å². The van der Waals surface area contributed by atoms with E-state index in [2.05, 4.69) is 11.7 Å². The number of benzene rings is 3. The minimum atomic E-state index is -4.76. The van der Waals surface area contributed by atoms with Gasteiger partial charge in [-0.3, -0.25) is 0 Å². The lowest BCUT2D eigenvalue weighted by Gasteiger charge is -2.11. The van der Waals surface area contributed by atoms with Crippen molar-refractivity contribution in [3.05, 3.63) is 72.5 Å². The van der Waals surface area contributed by atoms with E-state index in [1.165, 1.54) is 18.2 Å². The Hall–Kier alpha value is -3.02. The van der Waals surface area contributed by atoms with E-state index in [-0.39, 0.29) is 5.75 Å².